The molecule has 0 unspecified atom stereocenters. The van der Waals surface area contributed by atoms with Crippen LogP contribution in [0.1, 0.15) is 4.88 Å². The normalized spacial score (nSPS) is 11.6. The molecule has 0 aliphatic carbocycles. The minimum Gasteiger partial charge on any atom is -0.327 e. The number of rotatable bonds is 6. The van der Waals surface area contributed by atoms with Crippen molar-refractivity contribution in [3.8, 4) is 0 Å². The van der Waals surface area contributed by atoms with Gasteiger partial charge in [-0.05, 0) is 24.9 Å². The summed E-state index contributed by atoms with van der Waals surface area (Å²) in [7, 11) is 2.13. The largest absolute Gasteiger partial charge is 0.327 e. The molecule has 1 aromatic rings. The van der Waals surface area contributed by atoms with Crippen molar-refractivity contribution in [1.29, 1.82) is 0 Å². The van der Waals surface area contributed by atoms with Gasteiger partial charge >= 0.3 is 0 Å². The van der Waals surface area contributed by atoms with Crippen LogP contribution >= 0.6 is 11.3 Å². The Morgan fingerprint density at radius 1 is 1.50 bits per heavy atom. The molecule has 0 aromatic carbocycles. The summed E-state index contributed by atoms with van der Waals surface area (Å²) in [6.45, 7) is 2.73. The number of hydrogen-bond donors (Lipinski definition) is 1. The summed E-state index contributed by atoms with van der Waals surface area (Å²) < 4.78 is 0. The van der Waals surface area contributed by atoms with Gasteiger partial charge < -0.3 is 10.6 Å². The maximum atomic E-state index is 5.36. The molecule has 0 fully saturated rings. The van der Waals surface area contributed by atoms with Crippen molar-refractivity contribution < 1.29 is 0 Å². The highest BCUT2D eigenvalue weighted by molar-refractivity contribution is 7.09. The molecule has 0 aliphatic heterocycles. The Morgan fingerprint density at radius 2 is 2.36 bits per heavy atom. The lowest BCUT2D eigenvalue weighted by molar-refractivity contribution is 0.376. The third kappa shape index (κ3) is 4.56. The van der Waals surface area contributed by atoms with E-state index in [1.165, 1.54) is 4.88 Å². The van der Waals surface area contributed by atoms with Gasteiger partial charge in [-0.25, -0.2) is 0 Å². The number of hydrogen-bond acceptors (Lipinski definition) is 3. The summed E-state index contributed by atoms with van der Waals surface area (Å²) >= 11 is 1.83. The lowest BCUT2D eigenvalue weighted by Crippen LogP contribution is -2.21. The molecule has 0 atom stereocenters. The van der Waals surface area contributed by atoms with Crippen molar-refractivity contribution in [2.75, 3.05) is 26.7 Å². The monoisotopic (exact) mass is 210 g/mol. The van der Waals surface area contributed by atoms with Crippen molar-refractivity contribution in [2.24, 2.45) is 5.73 Å². The first-order valence-corrected chi connectivity index (χ1v) is 5.77. The average molecular weight is 210 g/mol. The molecule has 0 radical (unpaired) electrons. The molecule has 14 heavy (non-hydrogen) atoms. The highest BCUT2D eigenvalue weighted by Crippen LogP contribution is 2.09. The molecule has 1 heterocycles. The first-order valence-electron chi connectivity index (χ1n) is 4.89. The maximum Gasteiger partial charge on any atom is 0.0160 e. The Balaban J connectivity index is 2.15. The maximum absolute atomic E-state index is 5.36. The van der Waals surface area contributed by atoms with Gasteiger partial charge in [0.15, 0.2) is 0 Å². The van der Waals surface area contributed by atoms with Crippen LogP contribution in [0.15, 0.2) is 29.7 Å². The predicted molar refractivity (Wildman–Crippen MR) is 63.7 cm³/mol. The molecule has 78 valence electrons. The van der Waals surface area contributed by atoms with Crippen LogP contribution in [0, 0.1) is 0 Å². The fraction of sp³-hybridized carbons (Fsp3) is 0.455. The smallest absolute Gasteiger partial charge is 0.0160 e. The molecule has 0 amide bonds. The van der Waals surface area contributed by atoms with Gasteiger partial charge in [-0.15, -0.1) is 11.3 Å². The van der Waals surface area contributed by atoms with E-state index < -0.39 is 0 Å². The number of nitrogens with zero attached hydrogens (tertiary/aromatic N) is 1. The summed E-state index contributed by atoms with van der Waals surface area (Å²) in [4.78, 5) is 3.76. The molecular formula is C11H18N2S. The minimum absolute atomic E-state index is 0.638. The van der Waals surface area contributed by atoms with Crippen molar-refractivity contribution >= 4 is 11.3 Å². The second kappa shape index (κ2) is 6.76. The first-order chi connectivity index (χ1) is 6.83. The SMILES string of the molecule is CN(CC=CCN)CCc1cccs1. The van der Waals surface area contributed by atoms with Gasteiger partial charge in [-0.3, -0.25) is 0 Å². The summed E-state index contributed by atoms with van der Waals surface area (Å²) in [6.07, 6.45) is 5.26. The van der Waals surface area contributed by atoms with Crippen molar-refractivity contribution in [3.63, 3.8) is 0 Å². The van der Waals surface area contributed by atoms with Crippen molar-refractivity contribution in [2.45, 2.75) is 6.42 Å². The highest BCUT2D eigenvalue weighted by atomic mass is 32.1. The molecule has 0 spiro atoms. The second-order valence-corrected chi connectivity index (χ2v) is 4.33. The van der Waals surface area contributed by atoms with Crippen LogP contribution < -0.4 is 5.73 Å². The van der Waals surface area contributed by atoms with Gasteiger partial charge in [0.1, 0.15) is 0 Å². The molecule has 0 saturated heterocycles. The van der Waals surface area contributed by atoms with Crippen LogP contribution in [0.25, 0.3) is 0 Å². The Morgan fingerprint density at radius 3 is 3.00 bits per heavy atom. The zero-order valence-electron chi connectivity index (χ0n) is 8.65. The van der Waals surface area contributed by atoms with Gasteiger partial charge in [0.05, 0.1) is 0 Å². The fourth-order valence-corrected chi connectivity index (χ4v) is 1.90. The van der Waals surface area contributed by atoms with E-state index >= 15 is 0 Å². The first kappa shape index (κ1) is 11.4. The standard InChI is InChI=1S/C11H18N2S/c1-13(8-3-2-7-12)9-6-11-5-4-10-14-11/h2-5,10H,6-9,12H2,1H3. The molecule has 0 aliphatic rings. The van der Waals surface area contributed by atoms with Crippen molar-refractivity contribution in [3.05, 3.63) is 34.5 Å². The molecule has 0 saturated carbocycles. The number of thiophene rings is 1. The highest BCUT2D eigenvalue weighted by Gasteiger charge is 1.97. The zero-order valence-corrected chi connectivity index (χ0v) is 9.46. The van der Waals surface area contributed by atoms with Gasteiger partial charge in [0.25, 0.3) is 0 Å². The van der Waals surface area contributed by atoms with E-state index in [0.717, 1.165) is 19.5 Å². The summed E-state index contributed by atoms with van der Waals surface area (Å²) in [5, 5.41) is 2.13. The lowest BCUT2D eigenvalue weighted by atomic mass is 10.3. The molecule has 0 bridgehead atoms. The molecule has 1 aromatic heterocycles. The topological polar surface area (TPSA) is 29.3 Å². The van der Waals surface area contributed by atoms with Crippen LogP contribution in [0.2, 0.25) is 0 Å². The summed E-state index contributed by atoms with van der Waals surface area (Å²) in [6, 6.07) is 4.29. The second-order valence-electron chi connectivity index (χ2n) is 3.30. The molecule has 3 heteroatoms. The van der Waals surface area contributed by atoms with E-state index in [-0.39, 0.29) is 0 Å². The average Bonchev–Trinajstić information content (AvgIpc) is 2.68. The van der Waals surface area contributed by atoms with Gasteiger partial charge in [-0.2, -0.15) is 0 Å². The third-order valence-electron chi connectivity index (χ3n) is 2.04. The number of likely N-dealkylation sites (N-methyl/N-ethyl adjacent to an activating group) is 1. The fourth-order valence-electron chi connectivity index (χ4n) is 1.20. The van der Waals surface area contributed by atoms with Crippen LogP contribution in [0.5, 0.6) is 0 Å². The molecule has 2 N–H and O–H groups in total. The van der Waals surface area contributed by atoms with E-state index in [0.29, 0.717) is 6.54 Å². The Labute approximate surface area is 90.0 Å². The van der Waals surface area contributed by atoms with Crippen molar-refractivity contribution in [1.82, 2.24) is 4.90 Å². The Hall–Kier alpha value is -0.640. The Bertz CT molecular complexity index is 254. The van der Waals surface area contributed by atoms with E-state index in [1.807, 2.05) is 17.4 Å². The van der Waals surface area contributed by atoms with E-state index in [1.54, 1.807) is 0 Å². The third-order valence-corrected chi connectivity index (χ3v) is 2.98. The minimum atomic E-state index is 0.638. The van der Waals surface area contributed by atoms with Gasteiger partial charge in [0, 0.05) is 24.5 Å². The van der Waals surface area contributed by atoms with E-state index in [9.17, 15) is 0 Å². The van der Waals surface area contributed by atoms with Crippen LogP contribution in [-0.2, 0) is 6.42 Å². The predicted octanol–water partition coefficient (Wildman–Crippen LogP) is 1.74. The van der Waals surface area contributed by atoms with Crippen LogP contribution in [0.4, 0.5) is 0 Å². The molecule has 2 nitrogen and oxygen atoms in total. The zero-order chi connectivity index (χ0) is 10.2. The molecular weight excluding hydrogens is 192 g/mol. The van der Waals surface area contributed by atoms with Crippen LogP contribution in [-0.4, -0.2) is 31.6 Å². The summed E-state index contributed by atoms with van der Waals surface area (Å²) in [5.74, 6) is 0. The number of nitrogens with two attached hydrogens (primary N) is 1. The Kier molecular flexibility index (Phi) is 5.52. The van der Waals surface area contributed by atoms with E-state index in [4.69, 9.17) is 5.73 Å². The van der Waals surface area contributed by atoms with E-state index in [2.05, 4.69) is 35.5 Å². The van der Waals surface area contributed by atoms with Gasteiger partial charge in [-0.1, -0.05) is 18.2 Å². The summed E-state index contributed by atoms with van der Waals surface area (Å²) in [5.41, 5.74) is 5.36. The lowest BCUT2D eigenvalue weighted by Gasteiger charge is -2.12. The quantitative estimate of drug-likeness (QED) is 0.725. The molecule has 1 rings (SSSR count). The van der Waals surface area contributed by atoms with Gasteiger partial charge in [0.2, 0.25) is 0 Å². The van der Waals surface area contributed by atoms with Crippen LogP contribution in [0.3, 0.4) is 0 Å².